The monoisotopic (exact) mass is 368 g/mol. The van der Waals surface area contributed by atoms with E-state index in [-0.39, 0.29) is 18.3 Å². The van der Waals surface area contributed by atoms with Crippen LogP contribution in [0, 0.1) is 12.8 Å². The average Bonchev–Trinajstić information content (AvgIpc) is 2.61. The van der Waals surface area contributed by atoms with Gasteiger partial charge in [0.2, 0.25) is 0 Å². The van der Waals surface area contributed by atoms with Gasteiger partial charge in [-0.25, -0.2) is 0 Å². The molecule has 0 aliphatic heterocycles. The maximum Gasteiger partial charge on any atom is 0.317 e. The lowest BCUT2D eigenvalue weighted by Crippen LogP contribution is -2.34. The quantitative estimate of drug-likeness (QED) is 0.565. The summed E-state index contributed by atoms with van der Waals surface area (Å²) in [6.07, 6.45) is 2.17. The molecule has 3 rings (SSSR count). The minimum Gasteiger partial charge on any atom is -0.465 e. The van der Waals surface area contributed by atoms with Gasteiger partial charge in [-0.1, -0.05) is 53.6 Å². The van der Waals surface area contributed by atoms with Crippen LogP contribution in [0.4, 0.5) is 0 Å². The van der Waals surface area contributed by atoms with E-state index < -0.39 is 11.9 Å². The van der Waals surface area contributed by atoms with Crippen molar-refractivity contribution in [2.45, 2.75) is 26.2 Å². The number of ether oxygens (including phenoxy) is 1. The molecule has 0 saturated carbocycles. The first kappa shape index (κ1) is 18.4. The molecule has 0 spiro atoms. The fourth-order valence-corrected chi connectivity index (χ4v) is 3.60. The molecule has 0 radical (unpaired) electrons. The van der Waals surface area contributed by atoms with Crippen LogP contribution in [0.1, 0.15) is 36.0 Å². The fourth-order valence-electron chi connectivity index (χ4n) is 3.40. The molecule has 0 saturated heterocycles. The number of allylic oxidation sites excluding steroid dienone is 2. The van der Waals surface area contributed by atoms with Gasteiger partial charge >= 0.3 is 5.97 Å². The summed E-state index contributed by atoms with van der Waals surface area (Å²) in [5.41, 5.74) is 3.97. The number of hydrogen-bond donors (Lipinski definition) is 0. The Morgan fingerprint density at radius 1 is 1.19 bits per heavy atom. The van der Waals surface area contributed by atoms with Crippen LogP contribution in [0.5, 0.6) is 0 Å². The molecule has 3 nitrogen and oxygen atoms in total. The minimum atomic E-state index is -0.831. The van der Waals surface area contributed by atoms with Gasteiger partial charge in [-0.2, -0.15) is 0 Å². The number of hydrogen-bond acceptors (Lipinski definition) is 3. The van der Waals surface area contributed by atoms with E-state index >= 15 is 0 Å². The second-order valence-corrected chi connectivity index (χ2v) is 6.97. The summed E-state index contributed by atoms with van der Waals surface area (Å²) in [5, 5.41) is 0.587. The molecule has 134 valence electrons. The number of aryl methyl sites for hydroxylation is 1. The van der Waals surface area contributed by atoms with E-state index in [1.165, 1.54) is 0 Å². The first-order valence-electron chi connectivity index (χ1n) is 8.73. The largest absolute Gasteiger partial charge is 0.465 e. The van der Waals surface area contributed by atoms with Gasteiger partial charge in [0.1, 0.15) is 5.92 Å². The van der Waals surface area contributed by atoms with Gasteiger partial charge in [0, 0.05) is 10.9 Å². The smallest absolute Gasteiger partial charge is 0.317 e. The normalized spacial score (nSPS) is 19.8. The predicted octanol–water partition coefficient (Wildman–Crippen LogP) is 4.97. The van der Waals surface area contributed by atoms with Crippen LogP contribution < -0.4 is 0 Å². The third-order valence-electron chi connectivity index (χ3n) is 4.70. The van der Waals surface area contributed by atoms with Crippen molar-refractivity contribution in [3.63, 3.8) is 0 Å². The van der Waals surface area contributed by atoms with E-state index in [4.69, 9.17) is 16.3 Å². The predicted molar refractivity (Wildman–Crippen MR) is 103 cm³/mol. The number of ketones is 1. The Hall–Kier alpha value is -2.39. The van der Waals surface area contributed by atoms with Gasteiger partial charge in [0.15, 0.2) is 5.78 Å². The maximum absolute atomic E-state index is 12.8. The van der Waals surface area contributed by atoms with E-state index in [0.29, 0.717) is 11.4 Å². The Bertz CT molecular complexity index is 852. The lowest BCUT2D eigenvalue weighted by atomic mass is 9.73. The molecule has 0 bridgehead atoms. The highest BCUT2D eigenvalue weighted by Gasteiger charge is 2.39. The molecule has 0 amide bonds. The molecule has 2 aromatic rings. The van der Waals surface area contributed by atoms with Gasteiger partial charge in [0.05, 0.1) is 6.61 Å². The van der Waals surface area contributed by atoms with Crippen molar-refractivity contribution >= 4 is 28.9 Å². The third kappa shape index (κ3) is 3.88. The lowest BCUT2D eigenvalue weighted by molar-refractivity contribution is -0.151. The number of halogens is 1. The molecule has 0 aromatic heterocycles. The Balaban J connectivity index is 2.02. The Morgan fingerprint density at radius 2 is 1.92 bits per heavy atom. The van der Waals surface area contributed by atoms with Crippen molar-refractivity contribution < 1.29 is 14.3 Å². The van der Waals surface area contributed by atoms with Crippen molar-refractivity contribution in [3.05, 3.63) is 76.3 Å². The lowest BCUT2D eigenvalue weighted by Gasteiger charge is -2.29. The first-order valence-corrected chi connectivity index (χ1v) is 9.11. The Labute approximate surface area is 158 Å². The summed E-state index contributed by atoms with van der Waals surface area (Å²) in [4.78, 5) is 25.3. The van der Waals surface area contributed by atoms with Crippen molar-refractivity contribution in [1.82, 2.24) is 0 Å². The zero-order valence-corrected chi connectivity index (χ0v) is 15.6. The van der Waals surface area contributed by atoms with Crippen LogP contribution >= 0.6 is 11.6 Å². The molecule has 1 aliphatic rings. The number of benzene rings is 2. The second kappa shape index (κ2) is 7.88. The van der Waals surface area contributed by atoms with Crippen LogP contribution in [0.15, 0.2) is 54.6 Å². The molecular formula is C22H21ClO3. The number of esters is 1. The van der Waals surface area contributed by atoms with E-state index in [2.05, 4.69) is 0 Å². The molecule has 2 aromatic carbocycles. The molecule has 1 aliphatic carbocycles. The van der Waals surface area contributed by atoms with Crippen LogP contribution in [0.25, 0.3) is 5.57 Å². The highest BCUT2D eigenvalue weighted by molar-refractivity contribution is 6.30. The van der Waals surface area contributed by atoms with Crippen LogP contribution in [0.2, 0.25) is 5.02 Å². The van der Waals surface area contributed by atoms with E-state index in [0.717, 1.165) is 22.3 Å². The number of carbonyl (C=O) groups is 2. The number of carbonyl (C=O) groups excluding carboxylic acids is 2. The molecule has 0 fully saturated rings. The molecule has 4 heteroatoms. The summed E-state index contributed by atoms with van der Waals surface area (Å²) < 4.78 is 5.17. The second-order valence-electron chi connectivity index (χ2n) is 6.53. The topological polar surface area (TPSA) is 43.4 Å². The maximum atomic E-state index is 12.8. The fraction of sp³-hybridized carbons (Fsp3) is 0.273. The van der Waals surface area contributed by atoms with Crippen LogP contribution in [-0.2, 0) is 14.3 Å². The van der Waals surface area contributed by atoms with E-state index in [9.17, 15) is 9.59 Å². The Morgan fingerprint density at radius 3 is 2.58 bits per heavy atom. The number of rotatable bonds is 4. The summed E-state index contributed by atoms with van der Waals surface area (Å²) in [7, 11) is 0. The molecule has 2 atom stereocenters. The van der Waals surface area contributed by atoms with Gasteiger partial charge in [-0.15, -0.1) is 0 Å². The van der Waals surface area contributed by atoms with Crippen molar-refractivity contribution in [1.29, 1.82) is 0 Å². The molecular weight excluding hydrogens is 348 g/mol. The van der Waals surface area contributed by atoms with Gasteiger partial charge in [-0.05, 0) is 55.2 Å². The standard InChI is InChI=1S/C22H21ClO3/c1-3-26-22(25)21-19(16-5-4-6-18(23)11-16)12-17(13-20(21)24)15-9-7-14(2)8-10-15/h4-11,13,19,21H,3,12H2,1-2H3/t19-,21+/m1/s1. The summed E-state index contributed by atoms with van der Waals surface area (Å²) in [6, 6.07) is 15.4. The molecule has 0 heterocycles. The van der Waals surface area contributed by atoms with Gasteiger partial charge < -0.3 is 4.74 Å². The average molecular weight is 369 g/mol. The third-order valence-corrected chi connectivity index (χ3v) is 4.94. The highest BCUT2D eigenvalue weighted by atomic mass is 35.5. The van der Waals surface area contributed by atoms with E-state index in [1.54, 1.807) is 19.1 Å². The highest BCUT2D eigenvalue weighted by Crippen LogP contribution is 2.40. The summed E-state index contributed by atoms with van der Waals surface area (Å²) >= 11 is 6.14. The van der Waals surface area contributed by atoms with Crippen molar-refractivity contribution in [2.75, 3.05) is 6.61 Å². The molecule has 0 N–H and O–H groups in total. The minimum absolute atomic E-state index is 0.213. The van der Waals surface area contributed by atoms with Crippen molar-refractivity contribution in [2.24, 2.45) is 5.92 Å². The van der Waals surface area contributed by atoms with Gasteiger partial charge in [-0.3, -0.25) is 9.59 Å². The SMILES string of the molecule is CCOC(=O)[C@@H]1C(=O)C=C(c2ccc(C)cc2)C[C@@H]1c1cccc(Cl)c1. The zero-order chi connectivity index (χ0) is 18.7. The Kier molecular flexibility index (Phi) is 5.58. The zero-order valence-electron chi connectivity index (χ0n) is 14.9. The van der Waals surface area contributed by atoms with Crippen molar-refractivity contribution in [3.8, 4) is 0 Å². The van der Waals surface area contributed by atoms with Gasteiger partial charge in [0.25, 0.3) is 0 Å². The van der Waals surface area contributed by atoms with E-state index in [1.807, 2.05) is 49.4 Å². The molecule has 26 heavy (non-hydrogen) atoms. The summed E-state index contributed by atoms with van der Waals surface area (Å²) in [5.74, 6) is -1.80. The van der Waals surface area contributed by atoms with Crippen LogP contribution in [-0.4, -0.2) is 18.4 Å². The summed E-state index contributed by atoms with van der Waals surface area (Å²) in [6.45, 7) is 4.02. The first-order chi connectivity index (χ1) is 12.5. The molecule has 0 unspecified atom stereocenters. The van der Waals surface area contributed by atoms with Crippen LogP contribution in [0.3, 0.4) is 0 Å².